The fourth-order valence-corrected chi connectivity index (χ4v) is 4.89. The van der Waals surface area contributed by atoms with Crippen molar-refractivity contribution in [1.82, 2.24) is 10.0 Å². The molecule has 3 rings (SSSR count). The number of hydrogen-bond donors (Lipinski definition) is 2. The predicted molar refractivity (Wildman–Crippen MR) is 104 cm³/mol. The predicted octanol–water partition coefficient (Wildman–Crippen LogP) is 2.70. The first-order valence-electron chi connectivity index (χ1n) is 10.0. The highest BCUT2D eigenvalue weighted by Crippen LogP contribution is 2.32. The molecule has 1 atom stereocenters. The molecule has 2 aliphatic rings. The van der Waals surface area contributed by atoms with Gasteiger partial charge in [0.15, 0.2) is 0 Å². The van der Waals surface area contributed by atoms with Crippen molar-refractivity contribution in [3.63, 3.8) is 0 Å². The smallest absolute Gasteiger partial charge is 0.240 e. The van der Waals surface area contributed by atoms with E-state index in [1.54, 1.807) is 12.1 Å². The van der Waals surface area contributed by atoms with Crippen molar-refractivity contribution in [2.24, 2.45) is 0 Å². The zero-order valence-electron chi connectivity index (χ0n) is 15.8. The Hall–Kier alpha value is -1.44. The number of benzene rings is 1. The molecule has 1 saturated heterocycles. The SMILES string of the molecule is O=C(CCNS(=O)(=O)c1ccc(C2CCCCC2)cc1)NCC1CCCO1. The molecule has 27 heavy (non-hydrogen) atoms. The summed E-state index contributed by atoms with van der Waals surface area (Å²) in [5.41, 5.74) is 1.22. The zero-order chi connectivity index (χ0) is 19.1. The average Bonchev–Trinajstić information content (AvgIpc) is 3.21. The van der Waals surface area contributed by atoms with Crippen molar-refractivity contribution in [3.8, 4) is 0 Å². The average molecular weight is 395 g/mol. The zero-order valence-corrected chi connectivity index (χ0v) is 16.6. The van der Waals surface area contributed by atoms with Gasteiger partial charge >= 0.3 is 0 Å². The lowest BCUT2D eigenvalue weighted by molar-refractivity contribution is -0.121. The van der Waals surface area contributed by atoms with Gasteiger partial charge in [-0.25, -0.2) is 13.1 Å². The molecule has 2 fully saturated rings. The van der Waals surface area contributed by atoms with Gasteiger partial charge in [-0.1, -0.05) is 31.4 Å². The summed E-state index contributed by atoms with van der Waals surface area (Å²) in [6.07, 6.45) is 8.37. The van der Waals surface area contributed by atoms with Gasteiger partial charge in [-0.15, -0.1) is 0 Å². The van der Waals surface area contributed by atoms with Crippen LogP contribution in [0.4, 0.5) is 0 Å². The van der Waals surface area contributed by atoms with Gasteiger partial charge in [-0.3, -0.25) is 4.79 Å². The van der Waals surface area contributed by atoms with E-state index in [2.05, 4.69) is 10.0 Å². The highest BCUT2D eigenvalue weighted by atomic mass is 32.2. The first-order chi connectivity index (χ1) is 13.0. The number of rotatable bonds is 8. The molecule has 1 heterocycles. The van der Waals surface area contributed by atoms with Crippen LogP contribution in [0.15, 0.2) is 29.2 Å². The molecular formula is C20H30N2O4S. The Kier molecular flexibility index (Phi) is 7.26. The van der Waals surface area contributed by atoms with E-state index in [1.165, 1.54) is 37.7 Å². The molecule has 1 unspecified atom stereocenters. The first-order valence-corrected chi connectivity index (χ1v) is 11.5. The van der Waals surface area contributed by atoms with Crippen LogP contribution >= 0.6 is 0 Å². The largest absolute Gasteiger partial charge is 0.376 e. The van der Waals surface area contributed by atoms with Crippen LogP contribution in [0.2, 0.25) is 0 Å². The van der Waals surface area contributed by atoms with E-state index in [9.17, 15) is 13.2 Å². The van der Waals surface area contributed by atoms with Gasteiger partial charge in [0.1, 0.15) is 0 Å². The van der Waals surface area contributed by atoms with Crippen molar-refractivity contribution in [2.45, 2.75) is 68.3 Å². The first kappa shape index (κ1) is 20.3. The van der Waals surface area contributed by atoms with Crippen LogP contribution in [0.5, 0.6) is 0 Å². The van der Waals surface area contributed by atoms with Crippen LogP contribution in [0.25, 0.3) is 0 Å². The molecule has 6 nitrogen and oxygen atoms in total. The minimum atomic E-state index is -3.59. The number of carbonyl (C=O) groups is 1. The maximum Gasteiger partial charge on any atom is 0.240 e. The Bertz CT molecular complexity index is 706. The van der Waals surface area contributed by atoms with E-state index in [0.29, 0.717) is 12.5 Å². The lowest BCUT2D eigenvalue weighted by Crippen LogP contribution is -2.34. The molecule has 7 heteroatoms. The fraction of sp³-hybridized carbons (Fsp3) is 0.650. The van der Waals surface area contributed by atoms with E-state index in [4.69, 9.17) is 4.74 Å². The monoisotopic (exact) mass is 394 g/mol. The summed E-state index contributed by atoms with van der Waals surface area (Å²) in [5.74, 6) is 0.386. The molecule has 1 amide bonds. The van der Waals surface area contributed by atoms with Gasteiger partial charge in [-0.2, -0.15) is 0 Å². The third-order valence-corrected chi connectivity index (χ3v) is 6.94. The molecule has 1 saturated carbocycles. The number of hydrogen-bond acceptors (Lipinski definition) is 4. The maximum atomic E-state index is 12.4. The van der Waals surface area contributed by atoms with Crippen LogP contribution in [-0.4, -0.2) is 40.1 Å². The van der Waals surface area contributed by atoms with Crippen LogP contribution in [0, 0.1) is 0 Å². The van der Waals surface area contributed by atoms with Gasteiger partial charge in [0.05, 0.1) is 11.0 Å². The molecule has 2 N–H and O–H groups in total. The van der Waals surface area contributed by atoms with E-state index in [-0.39, 0.29) is 29.9 Å². The Morgan fingerprint density at radius 1 is 1.04 bits per heavy atom. The van der Waals surface area contributed by atoms with Gasteiger partial charge in [0.25, 0.3) is 0 Å². The van der Waals surface area contributed by atoms with E-state index in [1.807, 2.05) is 12.1 Å². The second kappa shape index (κ2) is 9.66. The van der Waals surface area contributed by atoms with E-state index >= 15 is 0 Å². The van der Waals surface area contributed by atoms with Gasteiger partial charge in [-0.05, 0) is 49.3 Å². The fourth-order valence-electron chi connectivity index (χ4n) is 3.86. The minimum absolute atomic E-state index is 0.0874. The lowest BCUT2D eigenvalue weighted by atomic mass is 9.84. The topological polar surface area (TPSA) is 84.5 Å². The highest BCUT2D eigenvalue weighted by molar-refractivity contribution is 7.89. The van der Waals surface area contributed by atoms with Crippen LogP contribution < -0.4 is 10.0 Å². The Morgan fingerprint density at radius 3 is 2.44 bits per heavy atom. The van der Waals surface area contributed by atoms with Crippen molar-refractivity contribution >= 4 is 15.9 Å². The van der Waals surface area contributed by atoms with Crippen molar-refractivity contribution in [2.75, 3.05) is 19.7 Å². The third-order valence-electron chi connectivity index (χ3n) is 5.46. The Balaban J connectivity index is 1.44. The molecule has 0 radical (unpaired) electrons. The number of ether oxygens (including phenoxy) is 1. The third kappa shape index (κ3) is 6.02. The Labute approximate surface area is 162 Å². The molecule has 0 spiro atoms. The van der Waals surface area contributed by atoms with Crippen LogP contribution in [-0.2, 0) is 19.6 Å². The summed E-state index contributed by atoms with van der Waals surface area (Å²) in [6, 6.07) is 7.20. The van der Waals surface area contributed by atoms with Gasteiger partial charge < -0.3 is 10.1 Å². The molecule has 0 aromatic heterocycles. The number of nitrogens with one attached hydrogen (secondary N) is 2. The van der Waals surface area contributed by atoms with Crippen molar-refractivity contribution < 1.29 is 17.9 Å². The van der Waals surface area contributed by atoms with E-state index in [0.717, 1.165) is 19.4 Å². The Morgan fingerprint density at radius 2 is 1.78 bits per heavy atom. The molecule has 1 aromatic carbocycles. The molecule has 1 aliphatic heterocycles. The molecule has 1 aromatic rings. The molecular weight excluding hydrogens is 364 g/mol. The summed E-state index contributed by atoms with van der Waals surface area (Å²) >= 11 is 0. The summed E-state index contributed by atoms with van der Waals surface area (Å²) in [7, 11) is -3.59. The maximum absolute atomic E-state index is 12.4. The lowest BCUT2D eigenvalue weighted by Gasteiger charge is -2.22. The number of carbonyl (C=O) groups excluding carboxylic acids is 1. The van der Waals surface area contributed by atoms with Crippen molar-refractivity contribution in [3.05, 3.63) is 29.8 Å². The summed E-state index contributed by atoms with van der Waals surface area (Å²) in [5, 5.41) is 2.80. The second-order valence-corrected chi connectivity index (χ2v) is 9.26. The molecule has 1 aliphatic carbocycles. The minimum Gasteiger partial charge on any atom is -0.376 e. The second-order valence-electron chi connectivity index (χ2n) is 7.49. The molecule has 0 bridgehead atoms. The van der Waals surface area contributed by atoms with E-state index < -0.39 is 10.0 Å². The van der Waals surface area contributed by atoms with Gasteiger partial charge in [0.2, 0.25) is 15.9 Å². The standard InChI is InChI=1S/C20H30N2O4S/c23-20(21-15-18-7-4-14-26-18)12-13-22-27(24,25)19-10-8-17(9-11-19)16-5-2-1-3-6-16/h8-11,16,18,22H,1-7,12-15H2,(H,21,23). The normalized spacial score (nSPS) is 21.3. The van der Waals surface area contributed by atoms with Crippen LogP contribution in [0.1, 0.15) is 62.8 Å². The highest BCUT2D eigenvalue weighted by Gasteiger charge is 2.19. The number of sulfonamides is 1. The summed E-state index contributed by atoms with van der Waals surface area (Å²) in [4.78, 5) is 12.1. The molecule has 150 valence electrons. The number of amides is 1. The van der Waals surface area contributed by atoms with Crippen molar-refractivity contribution in [1.29, 1.82) is 0 Å². The summed E-state index contributed by atoms with van der Waals surface area (Å²) < 4.78 is 32.8. The quantitative estimate of drug-likeness (QED) is 0.710. The van der Waals surface area contributed by atoms with Crippen LogP contribution in [0.3, 0.4) is 0 Å². The van der Waals surface area contributed by atoms with Gasteiger partial charge in [0, 0.05) is 26.1 Å². The summed E-state index contributed by atoms with van der Waals surface area (Å²) in [6.45, 7) is 1.33.